The summed E-state index contributed by atoms with van der Waals surface area (Å²) >= 11 is 0. The van der Waals surface area contributed by atoms with Gasteiger partial charge in [-0.05, 0) is 12.5 Å². The van der Waals surface area contributed by atoms with Crippen LogP contribution < -0.4 is 0 Å². The third-order valence-corrected chi connectivity index (χ3v) is 1.78. The zero-order chi connectivity index (χ0) is 9.07. The van der Waals surface area contributed by atoms with Crippen molar-refractivity contribution in [1.82, 2.24) is 0 Å². The van der Waals surface area contributed by atoms with E-state index in [-0.39, 0.29) is 41.8 Å². The summed E-state index contributed by atoms with van der Waals surface area (Å²) in [6, 6.07) is 0. The van der Waals surface area contributed by atoms with Crippen molar-refractivity contribution in [2.24, 2.45) is 0 Å². The molecule has 0 heterocycles. The van der Waals surface area contributed by atoms with Crippen LogP contribution in [0.25, 0.3) is 0 Å². The molecule has 0 fully saturated rings. The van der Waals surface area contributed by atoms with Gasteiger partial charge in [0, 0.05) is 36.0 Å². The second-order valence-corrected chi connectivity index (χ2v) is 3.81. The first kappa shape index (κ1) is 14.8. The molecule has 0 amide bonds. The number of ketones is 1. The SMILES string of the molecule is C=C(C)C(=O)CCS(=O)(=O)O.[Na]. The van der Waals surface area contributed by atoms with Crippen molar-refractivity contribution in [3.8, 4) is 0 Å². The Morgan fingerprint density at radius 1 is 1.50 bits per heavy atom. The minimum absolute atomic E-state index is 0. The van der Waals surface area contributed by atoms with Gasteiger partial charge in [-0.3, -0.25) is 9.35 Å². The number of rotatable bonds is 4. The van der Waals surface area contributed by atoms with Crippen molar-refractivity contribution in [3.63, 3.8) is 0 Å². The molecule has 0 aromatic rings. The summed E-state index contributed by atoms with van der Waals surface area (Å²) in [6.07, 6.45) is -0.200. The quantitative estimate of drug-likeness (QED) is 0.395. The van der Waals surface area contributed by atoms with E-state index < -0.39 is 15.9 Å². The minimum atomic E-state index is -4.01. The second kappa shape index (κ2) is 5.88. The maximum absolute atomic E-state index is 10.7. The van der Waals surface area contributed by atoms with Crippen LogP contribution in [-0.4, -0.2) is 54.1 Å². The van der Waals surface area contributed by atoms with Gasteiger partial charge in [-0.15, -0.1) is 0 Å². The maximum Gasteiger partial charge on any atom is 0.265 e. The van der Waals surface area contributed by atoms with Gasteiger partial charge in [0.15, 0.2) is 5.78 Å². The molecule has 0 rings (SSSR count). The van der Waals surface area contributed by atoms with Crippen LogP contribution in [0.1, 0.15) is 13.3 Å². The fourth-order valence-corrected chi connectivity index (χ4v) is 0.878. The van der Waals surface area contributed by atoms with E-state index in [1.54, 1.807) is 0 Å². The molecule has 0 aromatic carbocycles. The normalized spacial score (nSPS) is 10.2. The predicted octanol–water partition coefficient (Wildman–Crippen LogP) is 0.0287. The van der Waals surface area contributed by atoms with Gasteiger partial charge in [0.05, 0.1) is 5.75 Å². The Morgan fingerprint density at radius 3 is 2.17 bits per heavy atom. The molecule has 0 atom stereocenters. The van der Waals surface area contributed by atoms with E-state index in [2.05, 4.69) is 6.58 Å². The van der Waals surface area contributed by atoms with Crippen molar-refractivity contribution in [2.45, 2.75) is 13.3 Å². The molecule has 0 aromatic heterocycles. The molecule has 0 saturated carbocycles. The molecule has 0 unspecified atom stereocenters. The van der Waals surface area contributed by atoms with Crippen LogP contribution in [0.2, 0.25) is 0 Å². The summed E-state index contributed by atoms with van der Waals surface area (Å²) in [7, 11) is -4.01. The van der Waals surface area contributed by atoms with Crippen molar-refractivity contribution in [3.05, 3.63) is 12.2 Å². The third-order valence-electron chi connectivity index (χ3n) is 1.06. The molecule has 0 aliphatic rings. The fraction of sp³-hybridized carbons (Fsp3) is 0.500. The number of Topliss-reactive ketones (excluding diaryl/α,β-unsaturated/α-hetero) is 1. The summed E-state index contributed by atoms with van der Waals surface area (Å²) in [4.78, 5) is 10.7. The Labute approximate surface area is 94.1 Å². The molecule has 1 radical (unpaired) electrons. The van der Waals surface area contributed by atoms with Gasteiger partial charge < -0.3 is 0 Å². The first-order valence-electron chi connectivity index (χ1n) is 2.97. The van der Waals surface area contributed by atoms with Crippen molar-refractivity contribution in [1.29, 1.82) is 0 Å². The first-order valence-corrected chi connectivity index (χ1v) is 4.57. The fourth-order valence-electron chi connectivity index (χ4n) is 0.435. The number of hydrogen-bond donors (Lipinski definition) is 1. The van der Waals surface area contributed by atoms with E-state index >= 15 is 0 Å². The van der Waals surface area contributed by atoms with E-state index in [0.717, 1.165) is 0 Å². The van der Waals surface area contributed by atoms with Crippen molar-refractivity contribution >= 4 is 45.5 Å². The van der Waals surface area contributed by atoms with Gasteiger partial charge in [0.1, 0.15) is 0 Å². The summed E-state index contributed by atoms with van der Waals surface area (Å²) in [5.74, 6) is -0.874. The summed E-state index contributed by atoms with van der Waals surface area (Å²) in [6.45, 7) is 4.82. The summed E-state index contributed by atoms with van der Waals surface area (Å²) in [5, 5.41) is 0. The van der Waals surface area contributed by atoms with Crippen LogP contribution in [0.15, 0.2) is 12.2 Å². The number of hydrogen-bond acceptors (Lipinski definition) is 3. The summed E-state index contributed by atoms with van der Waals surface area (Å²) in [5.41, 5.74) is 0.300. The molecular weight excluding hydrogens is 191 g/mol. The third kappa shape index (κ3) is 8.42. The van der Waals surface area contributed by atoms with E-state index in [0.29, 0.717) is 5.57 Å². The molecule has 1 N–H and O–H groups in total. The van der Waals surface area contributed by atoms with Gasteiger partial charge in [-0.2, -0.15) is 8.42 Å². The van der Waals surface area contributed by atoms with E-state index in [4.69, 9.17) is 4.55 Å². The van der Waals surface area contributed by atoms with Gasteiger partial charge in [-0.25, -0.2) is 0 Å². The van der Waals surface area contributed by atoms with Crippen molar-refractivity contribution < 1.29 is 17.8 Å². The molecule has 4 nitrogen and oxygen atoms in total. The Balaban J connectivity index is 0. The Bertz CT molecular complexity index is 267. The zero-order valence-electron chi connectivity index (χ0n) is 7.20. The van der Waals surface area contributed by atoms with Crippen LogP contribution in [0.4, 0.5) is 0 Å². The van der Waals surface area contributed by atoms with Gasteiger partial charge in [-0.1, -0.05) is 6.58 Å². The topological polar surface area (TPSA) is 71.4 Å². The average molecular weight is 201 g/mol. The molecule has 0 spiro atoms. The number of allylic oxidation sites excluding steroid dienone is 1. The van der Waals surface area contributed by atoms with Gasteiger partial charge in [0.2, 0.25) is 0 Å². The second-order valence-electron chi connectivity index (χ2n) is 2.24. The number of carbonyl (C=O) groups excluding carboxylic acids is 1. The van der Waals surface area contributed by atoms with Crippen LogP contribution >= 0.6 is 0 Å². The molecule has 12 heavy (non-hydrogen) atoms. The van der Waals surface area contributed by atoms with Crippen LogP contribution in [0.5, 0.6) is 0 Å². The van der Waals surface area contributed by atoms with Crippen LogP contribution in [0, 0.1) is 0 Å². The van der Waals surface area contributed by atoms with Crippen LogP contribution in [-0.2, 0) is 14.9 Å². The smallest absolute Gasteiger partial charge is 0.265 e. The standard InChI is InChI=1S/C6H10O4S.Na/c1-5(2)6(7)3-4-11(8,9)10;/h1,3-4H2,2H3,(H,8,9,10);. The van der Waals surface area contributed by atoms with Gasteiger partial charge >= 0.3 is 0 Å². The molecule has 0 saturated heterocycles. The molecule has 6 heteroatoms. The Hall–Kier alpha value is 0.320. The van der Waals surface area contributed by atoms with E-state index in [9.17, 15) is 13.2 Å². The average Bonchev–Trinajstić information content (AvgIpc) is 1.80. The molecule has 0 aliphatic carbocycles. The Kier molecular flexibility index (Phi) is 7.26. The predicted molar refractivity (Wildman–Crippen MR) is 46.6 cm³/mol. The molecule has 0 aliphatic heterocycles. The first-order chi connectivity index (χ1) is 4.83. The van der Waals surface area contributed by atoms with Crippen molar-refractivity contribution in [2.75, 3.05) is 5.75 Å². The van der Waals surface area contributed by atoms with Crippen LogP contribution in [0.3, 0.4) is 0 Å². The monoisotopic (exact) mass is 201 g/mol. The van der Waals surface area contributed by atoms with E-state index in [1.807, 2.05) is 0 Å². The largest absolute Gasteiger partial charge is 0.295 e. The van der Waals surface area contributed by atoms with Gasteiger partial charge in [0.25, 0.3) is 10.1 Å². The molecule has 65 valence electrons. The molecular formula is C6H10NaO4S. The molecule has 0 bridgehead atoms. The Morgan fingerprint density at radius 2 is 1.92 bits per heavy atom. The zero-order valence-corrected chi connectivity index (χ0v) is 10.0. The minimum Gasteiger partial charge on any atom is -0.295 e. The maximum atomic E-state index is 10.7. The number of carbonyl (C=O) groups is 1. The van der Waals surface area contributed by atoms with E-state index in [1.165, 1.54) is 6.92 Å². The summed E-state index contributed by atoms with van der Waals surface area (Å²) < 4.78 is 28.5.